The number of nitrogens with one attached hydrogen (secondary N) is 1. The van der Waals surface area contributed by atoms with Crippen molar-refractivity contribution in [1.29, 1.82) is 0 Å². The molecule has 1 aliphatic rings. The first-order chi connectivity index (χ1) is 12.0. The largest absolute Gasteiger partial charge is 0.303 e. The molecule has 2 aromatic rings. The van der Waals surface area contributed by atoms with E-state index >= 15 is 0 Å². The first-order valence-corrected chi connectivity index (χ1v) is 8.80. The van der Waals surface area contributed by atoms with Crippen molar-refractivity contribution in [1.82, 2.24) is 5.32 Å². The minimum atomic E-state index is -0.282. The number of rotatable bonds is 4. The number of thioether (sulfide) groups is 1. The van der Waals surface area contributed by atoms with E-state index in [-0.39, 0.29) is 17.0 Å². The second-order valence-electron chi connectivity index (χ2n) is 5.88. The summed E-state index contributed by atoms with van der Waals surface area (Å²) >= 11 is 1.35. The van der Waals surface area contributed by atoms with Gasteiger partial charge in [-0.1, -0.05) is 53.7 Å². The zero-order chi connectivity index (χ0) is 17.8. The van der Waals surface area contributed by atoms with E-state index in [2.05, 4.69) is 15.5 Å². The molecule has 4 nitrogen and oxygen atoms in total. The Morgan fingerprint density at radius 1 is 1.16 bits per heavy atom. The van der Waals surface area contributed by atoms with Crippen molar-refractivity contribution in [2.75, 3.05) is 0 Å². The van der Waals surface area contributed by atoms with Crippen molar-refractivity contribution < 1.29 is 9.18 Å². The molecule has 1 heterocycles. The highest BCUT2D eigenvalue weighted by Crippen LogP contribution is 2.23. The summed E-state index contributed by atoms with van der Waals surface area (Å²) in [5.41, 5.74) is 3.87. The molecule has 1 atom stereocenters. The van der Waals surface area contributed by atoms with Gasteiger partial charge in [0.15, 0.2) is 5.17 Å². The Balaban J connectivity index is 1.66. The van der Waals surface area contributed by atoms with Crippen LogP contribution in [0.2, 0.25) is 0 Å². The van der Waals surface area contributed by atoms with Crippen LogP contribution in [0.25, 0.3) is 0 Å². The molecule has 0 unspecified atom stereocenters. The first-order valence-electron chi connectivity index (χ1n) is 7.92. The Morgan fingerprint density at radius 2 is 1.84 bits per heavy atom. The van der Waals surface area contributed by atoms with Crippen LogP contribution in [-0.4, -0.2) is 22.0 Å². The van der Waals surface area contributed by atoms with Gasteiger partial charge in [0.05, 0.1) is 11.0 Å². The lowest BCUT2D eigenvalue weighted by atomic mass is 10.1. The van der Waals surface area contributed by atoms with Gasteiger partial charge in [-0.25, -0.2) is 4.39 Å². The standard InChI is InChI=1S/C19H18FN3OS/c1-12-3-7-15(8-4-12)13(2)22-23-19-21-18(24)17(25-19)11-14-5-9-16(20)10-6-14/h3-10,17H,11H2,1-2H3,(H,21,23,24)/b22-13-/t17-/m1/s1. The molecule has 0 aliphatic carbocycles. The van der Waals surface area contributed by atoms with E-state index in [1.54, 1.807) is 12.1 Å². The lowest BCUT2D eigenvalue weighted by Gasteiger charge is -2.04. The van der Waals surface area contributed by atoms with Crippen LogP contribution in [0.15, 0.2) is 58.7 Å². The predicted molar refractivity (Wildman–Crippen MR) is 100 cm³/mol. The number of benzene rings is 2. The summed E-state index contributed by atoms with van der Waals surface area (Å²) in [5.74, 6) is -0.383. The number of hydrogen-bond acceptors (Lipinski definition) is 4. The Hall–Kier alpha value is -2.47. The van der Waals surface area contributed by atoms with Crippen molar-refractivity contribution in [3.8, 4) is 0 Å². The van der Waals surface area contributed by atoms with Gasteiger partial charge in [0.1, 0.15) is 5.82 Å². The van der Waals surface area contributed by atoms with E-state index in [4.69, 9.17) is 0 Å². The molecule has 128 valence electrons. The molecule has 1 N–H and O–H groups in total. The highest BCUT2D eigenvalue weighted by molar-refractivity contribution is 8.15. The first kappa shape index (κ1) is 17.4. The topological polar surface area (TPSA) is 53.8 Å². The van der Waals surface area contributed by atoms with Crippen LogP contribution in [0, 0.1) is 12.7 Å². The average molecular weight is 355 g/mol. The van der Waals surface area contributed by atoms with E-state index in [0.717, 1.165) is 16.8 Å². The van der Waals surface area contributed by atoms with E-state index < -0.39 is 0 Å². The fourth-order valence-corrected chi connectivity index (χ4v) is 3.35. The van der Waals surface area contributed by atoms with Gasteiger partial charge in [-0.3, -0.25) is 4.79 Å². The van der Waals surface area contributed by atoms with Gasteiger partial charge in [-0.2, -0.15) is 5.10 Å². The highest BCUT2D eigenvalue weighted by Gasteiger charge is 2.30. The number of halogens is 1. The molecule has 0 bridgehead atoms. The molecule has 0 spiro atoms. The SMILES string of the molecule is C/C(=N/N=C1/NC(=O)[C@@H](Cc2ccc(F)cc2)S1)c1ccc(C)cc1. The van der Waals surface area contributed by atoms with Gasteiger partial charge >= 0.3 is 0 Å². The molecule has 1 saturated heterocycles. The number of nitrogens with zero attached hydrogens (tertiary/aromatic N) is 2. The summed E-state index contributed by atoms with van der Waals surface area (Å²) in [5, 5.41) is 11.3. The molecular formula is C19H18FN3OS. The summed E-state index contributed by atoms with van der Waals surface area (Å²) in [6.45, 7) is 3.91. The van der Waals surface area contributed by atoms with Crippen LogP contribution in [0.5, 0.6) is 0 Å². The second-order valence-corrected chi connectivity index (χ2v) is 7.07. The number of aryl methyl sites for hydroxylation is 1. The van der Waals surface area contributed by atoms with Crippen molar-refractivity contribution in [3.63, 3.8) is 0 Å². The van der Waals surface area contributed by atoms with Crippen LogP contribution in [-0.2, 0) is 11.2 Å². The molecule has 1 fully saturated rings. The van der Waals surface area contributed by atoms with Gasteiger partial charge in [0.25, 0.3) is 0 Å². The zero-order valence-electron chi connectivity index (χ0n) is 14.0. The normalized spacial score (nSPS) is 19.3. The minimum absolute atomic E-state index is 0.101. The smallest absolute Gasteiger partial charge is 0.239 e. The fraction of sp³-hybridized carbons (Fsp3) is 0.211. The molecule has 2 aromatic carbocycles. The number of amidine groups is 1. The van der Waals surface area contributed by atoms with Crippen LogP contribution < -0.4 is 5.32 Å². The molecular weight excluding hydrogens is 337 g/mol. The van der Waals surface area contributed by atoms with Crippen LogP contribution >= 0.6 is 11.8 Å². The van der Waals surface area contributed by atoms with Crippen LogP contribution in [0.3, 0.4) is 0 Å². The summed E-state index contributed by atoms with van der Waals surface area (Å²) in [6.07, 6.45) is 0.524. The molecule has 0 radical (unpaired) electrons. The van der Waals surface area contributed by atoms with Gasteiger partial charge in [0.2, 0.25) is 5.91 Å². The molecule has 0 aromatic heterocycles. The van der Waals surface area contributed by atoms with Gasteiger partial charge in [-0.05, 0) is 43.5 Å². The Labute approximate surface area is 150 Å². The maximum absolute atomic E-state index is 13.0. The Kier molecular flexibility index (Phi) is 5.28. The maximum Gasteiger partial charge on any atom is 0.239 e. The summed E-state index contributed by atoms with van der Waals surface area (Å²) in [6, 6.07) is 14.2. The summed E-state index contributed by atoms with van der Waals surface area (Å²) < 4.78 is 13.0. The van der Waals surface area contributed by atoms with Crippen LogP contribution in [0.4, 0.5) is 4.39 Å². The number of hydrogen-bond donors (Lipinski definition) is 1. The highest BCUT2D eigenvalue weighted by atomic mass is 32.2. The molecule has 3 rings (SSSR count). The van der Waals surface area contributed by atoms with E-state index in [1.165, 1.54) is 29.5 Å². The fourth-order valence-electron chi connectivity index (χ4n) is 2.39. The Bertz CT molecular complexity index is 829. The Morgan fingerprint density at radius 3 is 2.52 bits per heavy atom. The van der Waals surface area contributed by atoms with Crippen molar-refractivity contribution in [3.05, 3.63) is 71.0 Å². The van der Waals surface area contributed by atoms with Crippen LogP contribution in [0.1, 0.15) is 23.6 Å². The van der Waals surface area contributed by atoms with Gasteiger partial charge in [0, 0.05) is 0 Å². The van der Waals surface area contributed by atoms with E-state index in [1.807, 2.05) is 38.1 Å². The third-order valence-electron chi connectivity index (χ3n) is 3.87. The van der Waals surface area contributed by atoms with Gasteiger partial charge in [-0.15, -0.1) is 5.10 Å². The summed E-state index contributed by atoms with van der Waals surface area (Å²) in [7, 11) is 0. The molecule has 25 heavy (non-hydrogen) atoms. The van der Waals surface area contributed by atoms with Crippen molar-refractivity contribution >= 4 is 28.5 Å². The quantitative estimate of drug-likeness (QED) is 0.672. The maximum atomic E-state index is 13.0. The molecule has 1 amide bonds. The zero-order valence-corrected chi connectivity index (χ0v) is 14.8. The average Bonchev–Trinajstić information content (AvgIpc) is 2.95. The minimum Gasteiger partial charge on any atom is -0.303 e. The second kappa shape index (κ2) is 7.61. The lowest BCUT2D eigenvalue weighted by Crippen LogP contribution is -2.26. The third kappa shape index (κ3) is 4.54. The number of carbonyl (C=O) groups is 1. The molecule has 1 aliphatic heterocycles. The van der Waals surface area contributed by atoms with E-state index in [0.29, 0.717) is 11.6 Å². The molecule has 0 saturated carbocycles. The third-order valence-corrected chi connectivity index (χ3v) is 4.94. The lowest BCUT2D eigenvalue weighted by molar-refractivity contribution is -0.118. The number of amides is 1. The predicted octanol–water partition coefficient (Wildman–Crippen LogP) is 3.69. The van der Waals surface area contributed by atoms with Gasteiger partial charge < -0.3 is 5.32 Å². The monoisotopic (exact) mass is 355 g/mol. The summed E-state index contributed by atoms with van der Waals surface area (Å²) in [4.78, 5) is 12.1. The van der Waals surface area contributed by atoms with Crippen molar-refractivity contribution in [2.45, 2.75) is 25.5 Å². The molecule has 6 heteroatoms. The van der Waals surface area contributed by atoms with E-state index in [9.17, 15) is 9.18 Å². The van der Waals surface area contributed by atoms with Crippen molar-refractivity contribution in [2.24, 2.45) is 10.2 Å². The number of carbonyl (C=O) groups excluding carboxylic acids is 1.